The van der Waals surface area contributed by atoms with Gasteiger partial charge in [0.1, 0.15) is 5.82 Å². The minimum atomic E-state index is -0.379. The average Bonchev–Trinajstić information content (AvgIpc) is 2.99. The first-order valence-electron chi connectivity index (χ1n) is 14.6. The summed E-state index contributed by atoms with van der Waals surface area (Å²) >= 11 is 0. The van der Waals surface area contributed by atoms with Crippen LogP contribution in [0.5, 0.6) is 0 Å². The summed E-state index contributed by atoms with van der Waals surface area (Å²) in [6.07, 6.45) is 5.32. The van der Waals surface area contributed by atoms with Crippen molar-refractivity contribution in [1.82, 2.24) is 14.8 Å². The Kier molecular flexibility index (Phi) is 9.72. The van der Waals surface area contributed by atoms with E-state index in [9.17, 15) is 14.0 Å². The van der Waals surface area contributed by atoms with Crippen LogP contribution in [-0.4, -0.2) is 52.8 Å². The van der Waals surface area contributed by atoms with Gasteiger partial charge in [-0.25, -0.2) is 4.39 Å². The lowest BCUT2D eigenvalue weighted by Gasteiger charge is -2.32. The number of amides is 2. The first kappa shape index (κ1) is 29.1. The zero-order chi connectivity index (χ0) is 29.3. The Bertz CT molecular complexity index is 1480. The van der Waals surface area contributed by atoms with Crippen LogP contribution in [0, 0.1) is 12.7 Å². The molecule has 2 amide bonds. The van der Waals surface area contributed by atoms with Crippen LogP contribution >= 0.6 is 0 Å². The molecule has 42 heavy (non-hydrogen) atoms. The predicted octanol–water partition coefficient (Wildman–Crippen LogP) is 6.04. The molecule has 6 nitrogen and oxygen atoms in total. The van der Waals surface area contributed by atoms with Gasteiger partial charge in [-0.2, -0.15) is 0 Å². The molecule has 0 radical (unpaired) electrons. The molecule has 3 aromatic carbocycles. The smallest absolute Gasteiger partial charge is 0.258 e. The standard InChI is InChI=1S/C35H37FN4O2/c1-27-9-5-13-31-26-39(33(41)23-29-12-6-18-37-24-29)21-7-19-38(25-28-10-3-2-4-11-28)20-8-22-40(34(27)31)35(42)30-14-16-32(36)17-15-30/h2-6,9-18,24H,7-8,19-23,25-26H2,1H3. The van der Waals surface area contributed by atoms with Gasteiger partial charge in [-0.05, 0) is 72.4 Å². The van der Waals surface area contributed by atoms with Crippen LogP contribution in [0.4, 0.5) is 10.1 Å². The van der Waals surface area contributed by atoms with Gasteiger partial charge >= 0.3 is 0 Å². The Morgan fingerprint density at radius 2 is 1.55 bits per heavy atom. The van der Waals surface area contributed by atoms with E-state index in [1.54, 1.807) is 12.4 Å². The van der Waals surface area contributed by atoms with Crippen LogP contribution in [-0.2, 0) is 24.3 Å². The minimum Gasteiger partial charge on any atom is -0.338 e. The van der Waals surface area contributed by atoms with Crippen molar-refractivity contribution in [2.75, 3.05) is 31.1 Å². The van der Waals surface area contributed by atoms with Gasteiger partial charge in [0.15, 0.2) is 0 Å². The number of para-hydroxylation sites is 1. The van der Waals surface area contributed by atoms with E-state index in [2.05, 4.69) is 22.0 Å². The van der Waals surface area contributed by atoms with E-state index in [-0.39, 0.29) is 24.1 Å². The van der Waals surface area contributed by atoms with E-state index in [4.69, 9.17) is 0 Å². The fraction of sp³-hybridized carbons (Fsp3) is 0.286. The number of aromatic nitrogens is 1. The molecule has 0 atom stereocenters. The average molecular weight is 565 g/mol. The summed E-state index contributed by atoms with van der Waals surface area (Å²) in [5, 5.41) is 0. The number of hydrogen-bond donors (Lipinski definition) is 0. The molecule has 1 aromatic heterocycles. The molecule has 1 aliphatic heterocycles. The minimum absolute atomic E-state index is 0.0264. The maximum absolute atomic E-state index is 14.0. The second kappa shape index (κ2) is 14.0. The second-order valence-corrected chi connectivity index (χ2v) is 10.9. The Morgan fingerprint density at radius 1 is 0.810 bits per heavy atom. The number of carbonyl (C=O) groups is 2. The molecule has 0 N–H and O–H groups in total. The summed E-state index contributed by atoms with van der Waals surface area (Å²) in [7, 11) is 0. The normalized spacial score (nSPS) is 14.9. The van der Waals surface area contributed by atoms with Crippen molar-refractivity contribution >= 4 is 17.5 Å². The van der Waals surface area contributed by atoms with E-state index in [0.29, 0.717) is 25.2 Å². The van der Waals surface area contributed by atoms with Crippen molar-refractivity contribution in [2.45, 2.75) is 39.3 Å². The fourth-order valence-electron chi connectivity index (χ4n) is 5.63. The molecule has 0 aliphatic carbocycles. The van der Waals surface area contributed by atoms with Gasteiger partial charge in [0.05, 0.1) is 12.1 Å². The van der Waals surface area contributed by atoms with Gasteiger partial charge in [0, 0.05) is 57.2 Å². The highest BCUT2D eigenvalue weighted by molar-refractivity contribution is 6.07. The van der Waals surface area contributed by atoms with Crippen molar-refractivity contribution < 1.29 is 14.0 Å². The summed E-state index contributed by atoms with van der Waals surface area (Å²) in [4.78, 5) is 38.0. The topological polar surface area (TPSA) is 56.8 Å². The number of halogens is 1. The number of aryl methyl sites for hydroxylation is 1. The van der Waals surface area contributed by atoms with E-state index in [0.717, 1.165) is 54.9 Å². The monoisotopic (exact) mass is 564 g/mol. The van der Waals surface area contributed by atoms with Gasteiger partial charge in [-0.15, -0.1) is 0 Å². The molecule has 0 saturated heterocycles. The number of nitrogens with zero attached hydrogens (tertiary/aromatic N) is 4. The molecule has 4 aromatic rings. The van der Waals surface area contributed by atoms with Gasteiger partial charge in [-0.1, -0.05) is 54.6 Å². The first-order chi connectivity index (χ1) is 20.5. The predicted molar refractivity (Wildman–Crippen MR) is 164 cm³/mol. The number of fused-ring (bicyclic) bond motifs is 1. The number of anilines is 1. The molecule has 0 bridgehead atoms. The highest BCUT2D eigenvalue weighted by atomic mass is 19.1. The Balaban J connectivity index is 1.49. The molecule has 2 heterocycles. The third-order valence-corrected chi connectivity index (χ3v) is 7.73. The summed E-state index contributed by atoms with van der Waals surface area (Å²) in [5.74, 6) is -0.528. The number of rotatable bonds is 5. The largest absolute Gasteiger partial charge is 0.338 e. The third-order valence-electron chi connectivity index (χ3n) is 7.73. The van der Waals surface area contributed by atoms with Crippen molar-refractivity contribution in [3.05, 3.63) is 131 Å². The van der Waals surface area contributed by atoms with Crippen molar-refractivity contribution in [3.8, 4) is 0 Å². The molecule has 1 aliphatic rings. The van der Waals surface area contributed by atoms with E-state index in [1.807, 2.05) is 65.3 Å². The van der Waals surface area contributed by atoms with Crippen LogP contribution in [0.15, 0.2) is 97.3 Å². The zero-order valence-electron chi connectivity index (χ0n) is 24.1. The highest BCUT2D eigenvalue weighted by Crippen LogP contribution is 2.29. The van der Waals surface area contributed by atoms with Crippen molar-refractivity contribution in [1.29, 1.82) is 0 Å². The number of benzene rings is 3. The van der Waals surface area contributed by atoms with Gasteiger partial charge in [0.25, 0.3) is 5.91 Å². The van der Waals surface area contributed by atoms with Crippen molar-refractivity contribution in [3.63, 3.8) is 0 Å². The SMILES string of the molecule is Cc1cccc2c1N(C(=O)c1ccc(F)cc1)CCCN(Cc1ccccc1)CCCN(C(=O)Cc1cccnc1)C2. The summed E-state index contributed by atoms with van der Waals surface area (Å²) < 4.78 is 13.7. The lowest BCUT2D eigenvalue weighted by atomic mass is 10.0. The molecule has 0 fully saturated rings. The molecule has 5 rings (SSSR count). The lowest BCUT2D eigenvalue weighted by Crippen LogP contribution is -2.39. The number of carbonyl (C=O) groups excluding carboxylic acids is 2. The van der Waals surface area contributed by atoms with Crippen LogP contribution in [0.1, 0.15) is 45.5 Å². The van der Waals surface area contributed by atoms with E-state index < -0.39 is 0 Å². The summed E-state index contributed by atoms with van der Waals surface area (Å²) in [5.41, 5.74) is 5.24. The van der Waals surface area contributed by atoms with Crippen LogP contribution < -0.4 is 4.90 Å². The first-order valence-corrected chi connectivity index (χ1v) is 14.6. The highest BCUT2D eigenvalue weighted by Gasteiger charge is 2.25. The molecule has 0 saturated carbocycles. The van der Waals surface area contributed by atoms with E-state index in [1.165, 1.54) is 29.8 Å². The molecule has 0 spiro atoms. The number of hydrogen-bond acceptors (Lipinski definition) is 4. The molecule has 0 unspecified atom stereocenters. The fourth-order valence-corrected chi connectivity index (χ4v) is 5.63. The van der Waals surface area contributed by atoms with Gasteiger partial charge < -0.3 is 9.80 Å². The maximum Gasteiger partial charge on any atom is 0.258 e. The maximum atomic E-state index is 14.0. The second-order valence-electron chi connectivity index (χ2n) is 10.9. The molecule has 216 valence electrons. The van der Waals surface area contributed by atoms with Crippen molar-refractivity contribution in [2.24, 2.45) is 0 Å². The van der Waals surface area contributed by atoms with Gasteiger partial charge in [-0.3, -0.25) is 19.5 Å². The lowest BCUT2D eigenvalue weighted by molar-refractivity contribution is -0.131. The Morgan fingerprint density at radius 3 is 2.29 bits per heavy atom. The van der Waals surface area contributed by atoms with Crippen LogP contribution in [0.3, 0.4) is 0 Å². The molecular weight excluding hydrogens is 527 g/mol. The summed E-state index contributed by atoms with van der Waals surface area (Å²) in [6, 6.07) is 25.8. The molecular formula is C35H37FN4O2. The van der Waals surface area contributed by atoms with Crippen LogP contribution in [0.2, 0.25) is 0 Å². The number of pyridine rings is 1. The summed E-state index contributed by atoms with van der Waals surface area (Å²) in [6.45, 7) is 5.92. The quantitative estimate of drug-likeness (QED) is 0.297. The zero-order valence-corrected chi connectivity index (χ0v) is 24.1. The van der Waals surface area contributed by atoms with Gasteiger partial charge in [0.2, 0.25) is 5.91 Å². The molecule has 7 heteroatoms. The Hall–Kier alpha value is -4.36. The van der Waals surface area contributed by atoms with E-state index >= 15 is 0 Å². The third kappa shape index (κ3) is 7.47. The Labute approximate surface area is 247 Å². The van der Waals surface area contributed by atoms with Crippen LogP contribution in [0.25, 0.3) is 0 Å².